The predicted molar refractivity (Wildman–Crippen MR) is 190 cm³/mol. The van der Waals surface area contributed by atoms with E-state index in [1.807, 2.05) is 36.7 Å². The fourth-order valence-corrected chi connectivity index (χ4v) is 6.40. The van der Waals surface area contributed by atoms with Gasteiger partial charge in [-0.1, -0.05) is 38.1 Å². The molecular formula is C40H44Br4Cu2N4-2. The quantitative estimate of drug-likeness (QED) is 0.111. The first-order valence-corrected chi connectivity index (χ1v) is 15.5. The first-order valence-electron chi connectivity index (χ1n) is 15.5. The molecule has 3 aromatic carbocycles. The third-order valence-electron chi connectivity index (χ3n) is 8.49. The van der Waals surface area contributed by atoms with Crippen molar-refractivity contribution in [1.29, 1.82) is 0 Å². The van der Waals surface area contributed by atoms with Crippen molar-refractivity contribution in [3.8, 4) is 22.3 Å². The second-order valence-electron chi connectivity index (χ2n) is 11.9. The van der Waals surface area contributed by atoms with Crippen molar-refractivity contribution in [3.63, 3.8) is 0 Å². The van der Waals surface area contributed by atoms with Crippen LogP contribution < -0.4 is 77.1 Å². The smallest absolute Gasteiger partial charge is 0.327 e. The van der Waals surface area contributed by atoms with Crippen molar-refractivity contribution in [3.05, 3.63) is 119 Å². The molecule has 50 heavy (non-hydrogen) atoms. The number of hydrogen-bond acceptors (Lipinski definition) is 2. The molecule has 0 saturated carbocycles. The summed E-state index contributed by atoms with van der Waals surface area (Å²) < 4.78 is 4.37. The number of aromatic nitrogens is 2. The van der Waals surface area contributed by atoms with E-state index in [9.17, 15) is 0 Å². The van der Waals surface area contributed by atoms with Gasteiger partial charge in [-0.3, -0.25) is 0 Å². The van der Waals surface area contributed by atoms with Crippen LogP contribution in [0.4, 0.5) is 23.0 Å². The van der Waals surface area contributed by atoms with E-state index in [-0.39, 0.29) is 102 Å². The number of hydrogen-bond donors (Lipinski definition) is 0. The van der Waals surface area contributed by atoms with Crippen LogP contribution in [-0.2, 0) is 34.1 Å². The Bertz CT molecular complexity index is 1730. The number of halogens is 4. The fraction of sp³-hybridized carbons (Fsp3) is 0.250. The topological polar surface area (TPSA) is 31.8 Å². The number of pyridine rings is 2. The van der Waals surface area contributed by atoms with Gasteiger partial charge in [-0.05, 0) is 156 Å². The Kier molecular flexibility index (Phi) is 22.5. The molecule has 10 heteroatoms. The molecule has 0 aliphatic carbocycles. The van der Waals surface area contributed by atoms with Crippen LogP contribution >= 0.6 is 0 Å². The van der Waals surface area contributed by atoms with E-state index < -0.39 is 0 Å². The van der Waals surface area contributed by atoms with Crippen LogP contribution in [0.1, 0.15) is 67.0 Å². The Labute approximate surface area is 362 Å². The minimum absolute atomic E-state index is 0. The summed E-state index contributed by atoms with van der Waals surface area (Å²) in [6.45, 7) is 19.8. The maximum atomic E-state index is 4.62. The molecule has 4 nitrogen and oxygen atoms in total. The Morgan fingerprint density at radius 3 is 1.14 bits per heavy atom. The molecule has 0 unspecified atom stereocenters. The summed E-state index contributed by atoms with van der Waals surface area (Å²) in [5, 5.41) is 0. The summed E-state index contributed by atoms with van der Waals surface area (Å²) in [6.07, 6.45) is 7.89. The van der Waals surface area contributed by atoms with Crippen LogP contribution in [0.3, 0.4) is 0 Å². The summed E-state index contributed by atoms with van der Waals surface area (Å²) in [7, 11) is 0. The van der Waals surface area contributed by atoms with Crippen molar-refractivity contribution >= 4 is 35.4 Å². The molecule has 0 N–H and O–H groups in total. The molecule has 0 bridgehead atoms. The fourth-order valence-electron chi connectivity index (χ4n) is 6.40. The molecule has 2 heterocycles. The third kappa shape index (κ3) is 10.7. The Morgan fingerprint density at radius 1 is 0.540 bits per heavy atom. The van der Waals surface area contributed by atoms with E-state index in [0.717, 1.165) is 11.6 Å². The molecule has 0 amide bonds. The van der Waals surface area contributed by atoms with Gasteiger partial charge >= 0.3 is 11.6 Å². The SMILES string of the molecule is CC=[N+](c1ccccn1)c1c(C)cc(-c2cc(C(C)C)cc(-c3cc(C)c([N+](=CC)c4ccccn4)c(C)c3)c2C)cc1C.[Br-].[Br-].[Br-].[Br-].[Cu].[Cu]. The maximum absolute atomic E-state index is 4.62. The van der Waals surface area contributed by atoms with Crippen molar-refractivity contribution in [2.24, 2.45) is 0 Å². The second-order valence-corrected chi connectivity index (χ2v) is 11.9. The molecular weight excluding hydrogens is 983 g/mol. The first kappa shape index (κ1) is 50.4. The van der Waals surface area contributed by atoms with Gasteiger partial charge < -0.3 is 67.9 Å². The van der Waals surface area contributed by atoms with Crippen LogP contribution in [0.15, 0.2) is 85.2 Å². The van der Waals surface area contributed by atoms with Gasteiger partial charge in [-0.15, -0.1) is 0 Å². The summed E-state index contributed by atoms with van der Waals surface area (Å²) in [5.74, 6) is 2.25. The standard InChI is InChI=1S/C40H44N4.4BrH.2Cu/c1-10-43(37-16-12-14-18-41-37)39-27(5)20-33(21-28(39)6)35-24-32(26(3)4)25-36(31(35)9)34-22-29(7)40(30(8)23-34)44(11-2)38-17-13-15-19-42-38;;;;;;/h10-26H,1-9H3;4*1H;;/q+2;;;;;;/p-4. The Balaban J connectivity index is 0. The molecule has 5 aromatic rings. The number of benzene rings is 3. The monoisotopic (exact) mass is 1020 g/mol. The number of rotatable bonds is 7. The average Bonchev–Trinajstić information content (AvgIpc) is 3.01. The molecule has 0 fully saturated rings. The normalized spacial score (nSPS) is 10.8. The van der Waals surface area contributed by atoms with Crippen LogP contribution in [-0.4, -0.2) is 22.4 Å². The minimum atomic E-state index is 0. The summed E-state index contributed by atoms with van der Waals surface area (Å²) >= 11 is 0. The average molecular weight is 1030 g/mol. The van der Waals surface area contributed by atoms with Crippen LogP contribution in [0.2, 0.25) is 0 Å². The summed E-state index contributed by atoms with van der Waals surface area (Å²) in [4.78, 5) is 9.24. The second kappa shape index (κ2) is 22.4. The van der Waals surface area contributed by atoms with E-state index in [2.05, 4.69) is 142 Å². The molecule has 5 rings (SSSR count). The maximum Gasteiger partial charge on any atom is 0.327 e. The van der Waals surface area contributed by atoms with Gasteiger partial charge in [0, 0.05) is 46.3 Å². The molecule has 0 atom stereocenters. The molecule has 276 valence electrons. The third-order valence-corrected chi connectivity index (χ3v) is 8.49. The van der Waals surface area contributed by atoms with Gasteiger partial charge in [-0.2, -0.15) is 0 Å². The van der Waals surface area contributed by atoms with E-state index in [0.29, 0.717) is 5.92 Å². The van der Waals surface area contributed by atoms with Crippen molar-refractivity contribution < 1.29 is 102 Å². The zero-order valence-corrected chi connectivity index (χ0v) is 37.9. The van der Waals surface area contributed by atoms with Crippen molar-refractivity contribution in [1.82, 2.24) is 19.1 Å². The Morgan fingerprint density at radius 2 is 0.880 bits per heavy atom. The molecule has 2 radical (unpaired) electrons. The number of nitrogens with zero attached hydrogens (tertiary/aromatic N) is 4. The molecule has 0 aliphatic rings. The molecule has 0 spiro atoms. The van der Waals surface area contributed by atoms with Crippen LogP contribution in [0.25, 0.3) is 22.3 Å². The van der Waals surface area contributed by atoms with Crippen LogP contribution in [0, 0.1) is 34.6 Å². The van der Waals surface area contributed by atoms with Gasteiger partial charge in [0.05, 0.1) is 12.4 Å². The first-order chi connectivity index (χ1) is 21.1. The summed E-state index contributed by atoms with van der Waals surface area (Å²) in [5.41, 5.74) is 14.9. The van der Waals surface area contributed by atoms with Gasteiger partial charge in [0.25, 0.3) is 0 Å². The van der Waals surface area contributed by atoms with Gasteiger partial charge in [-0.25, -0.2) is 9.15 Å². The van der Waals surface area contributed by atoms with E-state index in [1.54, 1.807) is 0 Å². The van der Waals surface area contributed by atoms with Crippen LogP contribution in [0.5, 0.6) is 0 Å². The largest absolute Gasteiger partial charge is 1.00 e. The predicted octanol–water partition coefficient (Wildman–Crippen LogP) is -1.66. The van der Waals surface area contributed by atoms with Gasteiger partial charge in [0.1, 0.15) is 23.8 Å². The molecule has 0 aliphatic heterocycles. The molecule has 0 saturated heterocycles. The van der Waals surface area contributed by atoms with E-state index in [1.165, 1.54) is 67.0 Å². The number of aryl methyl sites for hydroxylation is 4. The van der Waals surface area contributed by atoms with E-state index in [4.69, 9.17) is 0 Å². The Hall–Kier alpha value is -1.74. The van der Waals surface area contributed by atoms with Crippen molar-refractivity contribution in [2.45, 2.75) is 68.2 Å². The zero-order chi connectivity index (χ0) is 31.5. The summed E-state index contributed by atoms with van der Waals surface area (Å²) in [6, 6.07) is 26.2. The van der Waals surface area contributed by atoms with Gasteiger partial charge in [0.15, 0.2) is 0 Å². The minimum Gasteiger partial charge on any atom is -1.00 e. The zero-order valence-electron chi connectivity index (χ0n) is 29.7. The van der Waals surface area contributed by atoms with Crippen molar-refractivity contribution in [2.75, 3.05) is 0 Å². The van der Waals surface area contributed by atoms with E-state index >= 15 is 0 Å². The molecule has 2 aromatic heterocycles. The van der Waals surface area contributed by atoms with Gasteiger partial charge in [0.2, 0.25) is 0 Å².